The molecule has 0 atom stereocenters. The molecule has 1 aromatic heterocycles. The molecule has 19 heavy (non-hydrogen) atoms. The van der Waals surface area contributed by atoms with Crippen LogP contribution in [-0.2, 0) is 0 Å². The van der Waals surface area contributed by atoms with Gasteiger partial charge in [-0.05, 0) is 69.0 Å². The predicted octanol–water partition coefficient (Wildman–Crippen LogP) is 3.64. The van der Waals surface area contributed by atoms with Crippen molar-refractivity contribution in [2.45, 2.75) is 32.6 Å². The number of fused-ring (bicyclic) bond motifs is 1. The molecule has 3 rings (SSSR count). The van der Waals surface area contributed by atoms with Gasteiger partial charge in [0.2, 0.25) is 0 Å². The minimum absolute atomic E-state index is 0. The summed E-state index contributed by atoms with van der Waals surface area (Å²) in [5, 5.41) is 14.5. The summed E-state index contributed by atoms with van der Waals surface area (Å²) in [4.78, 5) is 0. The first-order chi connectivity index (χ1) is 8.66. The molecule has 0 amide bonds. The minimum Gasteiger partial charge on any atom is -0.504 e. The van der Waals surface area contributed by atoms with Gasteiger partial charge in [0.05, 0.1) is 0 Å². The van der Waals surface area contributed by atoms with Crippen LogP contribution in [0.1, 0.15) is 35.6 Å². The normalized spacial score (nSPS) is 16.5. The quantitative estimate of drug-likeness (QED) is 0.839. The highest BCUT2D eigenvalue weighted by molar-refractivity contribution is 5.87. The number of piperidine rings is 1. The van der Waals surface area contributed by atoms with Crippen molar-refractivity contribution in [2.75, 3.05) is 13.1 Å². The first-order valence-electron chi connectivity index (χ1n) is 6.60. The van der Waals surface area contributed by atoms with Gasteiger partial charge in [0, 0.05) is 5.39 Å². The van der Waals surface area contributed by atoms with Gasteiger partial charge in [-0.2, -0.15) is 0 Å². The van der Waals surface area contributed by atoms with Crippen LogP contribution >= 0.6 is 12.4 Å². The van der Waals surface area contributed by atoms with E-state index in [1.807, 2.05) is 19.9 Å². The number of aromatic hydroxyl groups is 1. The third-order valence-electron chi connectivity index (χ3n) is 4.09. The lowest BCUT2D eigenvalue weighted by molar-refractivity contribution is 0.447. The number of nitrogens with one attached hydrogen (secondary N) is 1. The van der Waals surface area contributed by atoms with E-state index in [2.05, 4.69) is 11.4 Å². The topological polar surface area (TPSA) is 45.4 Å². The molecule has 104 valence electrons. The lowest BCUT2D eigenvalue weighted by Crippen LogP contribution is -2.26. The molecule has 1 aliphatic heterocycles. The molecule has 0 saturated carbocycles. The first kappa shape index (κ1) is 14.2. The third-order valence-corrected chi connectivity index (χ3v) is 4.09. The summed E-state index contributed by atoms with van der Waals surface area (Å²) < 4.78 is 5.61. The average molecular weight is 282 g/mol. The molecular weight excluding hydrogens is 262 g/mol. The molecule has 0 spiro atoms. The van der Waals surface area contributed by atoms with Crippen molar-refractivity contribution in [3.63, 3.8) is 0 Å². The van der Waals surface area contributed by atoms with Gasteiger partial charge >= 0.3 is 0 Å². The molecule has 2 N–H and O–H groups in total. The van der Waals surface area contributed by atoms with E-state index in [0.29, 0.717) is 11.5 Å². The van der Waals surface area contributed by atoms with Crippen LogP contribution in [-0.4, -0.2) is 18.2 Å². The summed E-state index contributed by atoms with van der Waals surface area (Å²) in [6.07, 6.45) is 2.28. The fourth-order valence-electron chi connectivity index (χ4n) is 2.83. The molecule has 2 heterocycles. The number of rotatable bonds is 1. The van der Waals surface area contributed by atoms with E-state index in [-0.39, 0.29) is 18.2 Å². The number of furan rings is 1. The SMILES string of the molecule is Cc1oc2c(O)cc(C3CCNCC3)cc2c1C.Cl. The average Bonchev–Trinajstić information content (AvgIpc) is 2.68. The van der Waals surface area contributed by atoms with E-state index in [9.17, 15) is 5.11 Å². The Bertz CT molecular complexity index is 585. The number of phenols is 1. The Hall–Kier alpha value is -1.19. The van der Waals surface area contributed by atoms with Crippen molar-refractivity contribution in [3.8, 4) is 5.75 Å². The van der Waals surface area contributed by atoms with E-state index in [0.717, 1.165) is 42.6 Å². The van der Waals surface area contributed by atoms with E-state index < -0.39 is 0 Å². The van der Waals surface area contributed by atoms with Gasteiger partial charge in [0.25, 0.3) is 0 Å². The van der Waals surface area contributed by atoms with Crippen LogP contribution in [0.4, 0.5) is 0 Å². The summed E-state index contributed by atoms with van der Waals surface area (Å²) >= 11 is 0. The van der Waals surface area contributed by atoms with Gasteiger partial charge in [-0.1, -0.05) is 0 Å². The zero-order valence-corrected chi connectivity index (χ0v) is 12.1. The molecule has 2 aromatic rings. The zero-order valence-electron chi connectivity index (χ0n) is 11.3. The van der Waals surface area contributed by atoms with Crippen LogP contribution in [0.5, 0.6) is 5.75 Å². The molecule has 1 aromatic carbocycles. The second kappa shape index (κ2) is 5.43. The Labute approximate surface area is 119 Å². The lowest BCUT2D eigenvalue weighted by atomic mass is 9.89. The van der Waals surface area contributed by atoms with E-state index in [4.69, 9.17) is 4.42 Å². The molecule has 0 unspecified atom stereocenters. The second-order valence-corrected chi connectivity index (χ2v) is 5.22. The van der Waals surface area contributed by atoms with Crippen molar-refractivity contribution in [3.05, 3.63) is 29.0 Å². The lowest BCUT2D eigenvalue weighted by Gasteiger charge is -2.23. The zero-order chi connectivity index (χ0) is 12.7. The van der Waals surface area contributed by atoms with Gasteiger partial charge in [-0.15, -0.1) is 12.4 Å². The van der Waals surface area contributed by atoms with Gasteiger partial charge in [0.1, 0.15) is 5.76 Å². The Balaban J connectivity index is 0.00000133. The molecular formula is C15H20ClNO2. The molecule has 1 saturated heterocycles. The maximum Gasteiger partial charge on any atom is 0.176 e. The predicted molar refractivity (Wildman–Crippen MR) is 79.4 cm³/mol. The van der Waals surface area contributed by atoms with Gasteiger partial charge in [-0.25, -0.2) is 0 Å². The Kier molecular flexibility index (Phi) is 4.07. The van der Waals surface area contributed by atoms with Gasteiger partial charge in [0.15, 0.2) is 11.3 Å². The van der Waals surface area contributed by atoms with Crippen LogP contribution < -0.4 is 5.32 Å². The number of hydrogen-bond donors (Lipinski definition) is 2. The molecule has 0 bridgehead atoms. The maximum absolute atomic E-state index is 10.1. The van der Waals surface area contributed by atoms with E-state index in [1.165, 1.54) is 5.56 Å². The van der Waals surface area contributed by atoms with E-state index in [1.54, 1.807) is 0 Å². The summed E-state index contributed by atoms with van der Waals surface area (Å²) in [6.45, 7) is 6.12. The number of halogens is 1. The van der Waals surface area contributed by atoms with Crippen molar-refractivity contribution < 1.29 is 9.52 Å². The highest BCUT2D eigenvalue weighted by Gasteiger charge is 2.19. The monoisotopic (exact) mass is 281 g/mol. The van der Waals surface area contributed by atoms with Crippen molar-refractivity contribution >= 4 is 23.4 Å². The van der Waals surface area contributed by atoms with Crippen LogP contribution in [0, 0.1) is 13.8 Å². The molecule has 1 aliphatic rings. The highest BCUT2D eigenvalue weighted by Crippen LogP contribution is 2.36. The molecule has 3 nitrogen and oxygen atoms in total. The highest BCUT2D eigenvalue weighted by atomic mass is 35.5. The third kappa shape index (κ3) is 2.45. The maximum atomic E-state index is 10.1. The number of hydrogen-bond acceptors (Lipinski definition) is 3. The van der Waals surface area contributed by atoms with Crippen LogP contribution in [0.25, 0.3) is 11.0 Å². The Morgan fingerprint density at radius 3 is 2.58 bits per heavy atom. The van der Waals surface area contributed by atoms with Crippen molar-refractivity contribution in [1.82, 2.24) is 5.32 Å². The van der Waals surface area contributed by atoms with E-state index >= 15 is 0 Å². The van der Waals surface area contributed by atoms with Crippen LogP contribution in [0.15, 0.2) is 16.5 Å². The molecule has 4 heteroatoms. The minimum atomic E-state index is 0. The number of phenolic OH excluding ortho intramolecular Hbond substituents is 1. The summed E-state index contributed by atoms with van der Waals surface area (Å²) in [6, 6.07) is 4.07. The second-order valence-electron chi connectivity index (χ2n) is 5.22. The van der Waals surface area contributed by atoms with Gasteiger partial charge < -0.3 is 14.8 Å². The van der Waals surface area contributed by atoms with Crippen molar-refractivity contribution in [2.24, 2.45) is 0 Å². The molecule has 0 aliphatic carbocycles. The molecule has 0 radical (unpaired) electrons. The van der Waals surface area contributed by atoms with Gasteiger partial charge in [-0.3, -0.25) is 0 Å². The largest absolute Gasteiger partial charge is 0.504 e. The number of aryl methyl sites for hydroxylation is 2. The Morgan fingerprint density at radius 1 is 1.21 bits per heavy atom. The summed E-state index contributed by atoms with van der Waals surface area (Å²) in [7, 11) is 0. The van der Waals surface area contributed by atoms with Crippen molar-refractivity contribution in [1.29, 1.82) is 0 Å². The van der Waals surface area contributed by atoms with Crippen LogP contribution in [0.3, 0.4) is 0 Å². The van der Waals surface area contributed by atoms with Crippen LogP contribution in [0.2, 0.25) is 0 Å². The smallest absolute Gasteiger partial charge is 0.176 e. The standard InChI is InChI=1S/C15H19NO2.ClH/c1-9-10(2)18-15-13(9)7-12(8-14(15)17)11-3-5-16-6-4-11;/h7-8,11,16-17H,3-6H2,1-2H3;1H. The fraction of sp³-hybridized carbons (Fsp3) is 0.467. The molecule has 1 fully saturated rings. The summed E-state index contributed by atoms with van der Waals surface area (Å²) in [5.74, 6) is 1.72. The number of benzene rings is 1. The summed E-state index contributed by atoms with van der Waals surface area (Å²) in [5.41, 5.74) is 3.00. The first-order valence-corrected chi connectivity index (χ1v) is 6.60. The Morgan fingerprint density at radius 2 is 1.89 bits per heavy atom. The fourth-order valence-corrected chi connectivity index (χ4v) is 2.83.